The fourth-order valence-corrected chi connectivity index (χ4v) is 4.53. The monoisotopic (exact) mass is 499 g/mol. The zero-order valence-electron chi connectivity index (χ0n) is 19.8. The van der Waals surface area contributed by atoms with Crippen molar-refractivity contribution >= 4 is 27.8 Å². The van der Waals surface area contributed by atoms with Gasteiger partial charge in [-0.2, -0.15) is 0 Å². The molecular formula is C25H33N5O4S. The second kappa shape index (κ2) is 13.0. The zero-order valence-corrected chi connectivity index (χ0v) is 20.6. The fraction of sp³-hybridized carbons (Fsp3) is 0.400. The van der Waals surface area contributed by atoms with E-state index in [1.807, 2.05) is 12.2 Å². The Balaban J connectivity index is 1.77. The number of nitrogens with zero attached hydrogens (tertiary/aromatic N) is 2. The number of carbonyl (C=O) groups excluding carboxylic acids is 1. The normalized spacial score (nSPS) is 18.7. The summed E-state index contributed by atoms with van der Waals surface area (Å²) in [4.78, 5) is 20.9. The first kappa shape index (κ1) is 26.4. The SMILES string of the molecule is C=C[C@@H]1CCCc2cnc(nc2)Nc2ccc(S(N)(=O)=O)c(c2)CC=CCCCCCNC(=O)O1. The molecule has 0 spiro atoms. The van der Waals surface area contributed by atoms with Crippen LogP contribution < -0.4 is 15.8 Å². The summed E-state index contributed by atoms with van der Waals surface area (Å²) in [6.07, 6.45) is 14.5. The number of ether oxygens (including phenoxy) is 1. The van der Waals surface area contributed by atoms with Crippen LogP contribution in [0.15, 0.2) is 60.3 Å². The number of amides is 1. The quantitative estimate of drug-likeness (QED) is 0.528. The number of primary sulfonamides is 1. The number of allylic oxidation sites excluding steroid dienone is 2. The number of hydrogen-bond donors (Lipinski definition) is 3. The van der Waals surface area contributed by atoms with E-state index in [1.165, 1.54) is 6.07 Å². The number of aryl methyl sites for hydroxylation is 1. The highest BCUT2D eigenvalue weighted by molar-refractivity contribution is 7.89. The molecular weight excluding hydrogens is 466 g/mol. The van der Waals surface area contributed by atoms with Crippen molar-refractivity contribution in [3.63, 3.8) is 0 Å². The van der Waals surface area contributed by atoms with E-state index in [4.69, 9.17) is 9.88 Å². The van der Waals surface area contributed by atoms with Crippen molar-refractivity contribution in [2.75, 3.05) is 11.9 Å². The number of nitrogens with two attached hydrogens (primary N) is 1. The summed E-state index contributed by atoms with van der Waals surface area (Å²) in [6.45, 7) is 4.32. The van der Waals surface area contributed by atoms with Gasteiger partial charge in [-0.25, -0.2) is 28.3 Å². The molecule has 1 aromatic heterocycles. The summed E-state index contributed by atoms with van der Waals surface area (Å²) in [5.41, 5.74) is 2.23. The highest BCUT2D eigenvalue weighted by Gasteiger charge is 2.14. The van der Waals surface area contributed by atoms with E-state index in [2.05, 4.69) is 27.2 Å². The Kier molecular flexibility index (Phi) is 9.80. The predicted molar refractivity (Wildman–Crippen MR) is 136 cm³/mol. The zero-order chi connectivity index (χ0) is 25.1. The van der Waals surface area contributed by atoms with Crippen LogP contribution in [0.4, 0.5) is 16.4 Å². The van der Waals surface area contributed by atoms with Crippen LogP contribution in [0.5, 0.6) is 0 Å². The van der Waals surface area contributed by atoms with Gasteiger partial charge >= 0.3 is 6.09 Å². The van der Waals surface area contributed by atoms with E-state index in [0.29, 0.717) is 36.6 Å². The van der Waals surface area contributed by atoms with Crippen LogP contribution in [-0.2, 0) is 27.6 Å². The lowest BCUT2D eigenvalue weighted by Crippen LogP contribution is -2.29. The average Bonchev–Trinajstić information content (AvgIpc) is 2.82. The Morgan fingerprint density at radius 2 is 1.91 bits per heavy atom. The van der Waals surface area contributed by atoms with Gasteiger partial charge in [0.2, 0.25) is 16.0 Å². The van der Waals surface area contributed by atoms with Crippen LogP contribution in [0.25, 0.3) is 0 Å². The third-order valence-corrected chi connectivity index (χ3v) is 6.64. The first-order valence-corrected chi connectivity index (χ1v) is 13.4. The van der Waals surface area contributed by atoms with Gasteiger partial charge in [0.15, 0.2) is 0 Å². The molecule has 2 aliphatic heterocycles. The molecule has 1 amide bonds. The van der Waals surface area contributed by atoms with Gasteiger partial charge in [-0.05, 0) is 74.3 Å². The molecule has 2 aromatic rings. The number of carbonyl (C=O) groups is 1. The minimum Gasteiger partial charge on any atom is -0.442 e. The van der Waals surface area contributed by atoms with Gasteiger partial charge in [0.05, 0.1) is 4.90 Å². The maximum atomic E-state index is 12.0. The maximum Gasteiger partial charge on any atom is 0.407 e. The molecule has 0 saturated carbocycles. The number of benzene rings is 1. The lowest BCUT2D eigenvalue weighted by Gasteiger charge is -2.14. The second-order valence-electron chi connectivity index (χ2n) is 8.43. The molecule has 35 heavy (non-hydrogen) atoms. The van der Waals surface area contributed by atoms with Gasteiger partial charge in [-0.1, -0.05) is 31.2 Å². The van der Waals surface area contributed by atoms with E-state index in [-0.39, 0.29) is 11.0 Å². The molecule has 0 radical (unpaired) electrons. The number of aromatic nitrogens is 2. The summed E-state index contributed by atoms with van der Waals surface area (Å²) in [7, 11) is -3.85. The molecule has 3 heterocycles. The van der Waals surface area contributed by atoms with Crippen LogP contribution in [0.1, 0.15) is 49.7 Å². The summed E-state index contributed by atoms with van der Waals surface area (Å²) >= 11 is 0. The van der Waals surface area contributed by atoms with Crippen LogP contribution in [0.3, 0.4) is 0 Å². The molecule has 4 rings (SSSR count). The van der Waals surface area contributed by atoms with Crippen molar-refractivity contribution in [1.29, 1.82) is 0 Å². The topological polar surface area (TPSA) is 136 Å². The lowest BCUT2D eigenvalue weighted by molar-refractivity contribution is 0.114. The van der Waals surface area contributed by atoms with Gasteiger partial charge in [0, 0.05) is 24.6 Å². The molecule has 4 bridgehead atoms. The minimum atomic E-state index is -3.85. The maximum absolute atomic E-state index is 12.0. The van der Waals surface area contributed by atoms with Crippen molar-refractivity contribution in [1.82, 2.24) is 15.3 Å². The van der Waals surface area contributed by atoms with E-state index in [9.17, 15) is 13.2 Å². The molecule has 0 saturated heterocycles. The first-order chi connectivity index (χ1) is 16.8. The summed E-state index contributed by atoms with van der Waals surface area (Å²) in [6, 6.07) is 4.91. The Morgan fingerprint density at radius 1 is 1.11 bits per heavy atom. The van der Waals surface area contributed by atoms with Gasteiger partial charge in [0.1, 0.15) is 6.10 Å². The molecule has 1 atom stereocenters. The Hall–Kier alpha value is -3.24. The Labute approximate surface area is 206 Å². The number of rotatable bonds is 2. The average molecular weight is 500 g/mol. The highest BCUT2D eigenvalue weighted by atomic mass is 32.2. The predicted octanol–water partition coefficient (Wildman–Crippen LogP) is 4.14. The highest BCUT2D eigenvalue weighted by Crippen LogP contribution is 2.22. The van der Waals surface area contributed by atoms with Gasteiger partial charge in [0.25, 0.3) is 0 Å². The molecule has 4 N–H and O–H groups in total. The fourth-order valence-electron chi connectivity index (χ4n) is 3.77. The van der Waals surface area contributed by atoms with Crippen molar-refractivity contribution < 1.29 is 17.9 Å². The standard InChI is InChI=1S/C25H33N5O4S/c1-2-22-12-9-10-19-17-28-24(29-18-19)30-21-13-14-23(35(26,32)33)20(16-21)11-7-5-3-4-6-8-15-27-25(31)34-22/h2,5,7,13-14,16-18,22H,1,3-4,6,8-12,15H2,(H,27,31)(H2,26,32,33)(H,28,29,30)/t22-/m1/s1. The third-order valence-electron chi connectivity index (χ3n) is 5.63. The van der Waals surface area contributed by atoms with Crippen molar-refractivity contribution in [2.45, 2.75) is 62.4 Å². The molecule has 10 heteroatoms. The first-order valence-electron chi connectivity index (χ1n) is 11.8. The van der Waals surface area contributed by atoms with Crippen molar-refractivity contribution in [3.8, 4) is 0 Å². The smallest absolute Gasteiger partial charge is 0.407 e. The Morgan fingerprint density at radius 3 is 2.66 bits per heavy atom. The number of nitrogens with one attached hydrogen (secondary N) is 2. The number of hydrogen-bond acceptors (Lipinski definition) is 7. The van der Waals surface area contributed by atoms with E-state index in [1.54, 1.807) is 30.6 Å². The van der Waals surface area contributed by atoms with Crippen molar-refractivity contribution in [3.05, 3.63) is 66.5 Å². The molecule has 2 aliphatic rings. The second-order valence-corrected chi connectivity index (χ2v) is 9.96. The third kappa shape index (κ3) is 8.80. The van der Waals surface area contributed by atoms with Gasteiger partial charge in [-0.3, -0.25) is 0 Å². The lowest BCUT2D eigenvalue weighted by atomic mass is 10.1. The molecule has 1 aromatic carbocycles. The summed E-state index contributed by atoms with van der Waals surface area (Å²) in [5, 5.41) is 11.3. The van der Waals surface area contributed by atoms with Crippen LogP contribution >= 0.6 is 0 Å². The molecule has 0 fully saturated rings. The van der Waals surface area contributed by atoms with Gasteiger partial charge < -0.3 is 15.4 Å². The van der Waals surface area contributed by atoms with Crippen LogP contribution in [0.2, 0.25) is 0 Å². The number of anilines is 2. The minimum absolute atomic E-state index is 0.102. The van der Waals surface area contributed by atoms with Crippen LogP contribution in [-0.4, -0.2) is 37.1 Å². The van der Waals surface area contributed by atoms with E-state index < -0.39 is 16.1 Å². The molecule has 0 unspecified atom stereocenters. The Bertz CT molecular complexity index is 1130. The summed E-state index contributed by atoms with van der Waals surface area (Å²) in [5.74, 6) is 0.404. The van der Waals surface area contributed by atoms with Crippen molar-refractivity contribution in [2.24, 2.45) is 5.14 Å². The number of sulfonamides is 1. The molecule has 0 aliphatic carbocycles. The number of fused-ring (bicyclic) bond motifs is 15. The molecule has 188 valence electrons. The largest absolute Gasteiger partial charge is 0.442 e. The van der Waals surface area contributed by atoms with Gasteiger partial charge in [-0.15, -0.1) is 0 Å². The van der Waals surface area contributed by atoms with E-state index in [0.717, 1.165) is 44.1 Å². The molecule has 9 nitrogen and oxygen atoms in total. The van der Waals surface area contributed by atoms with Crippen LogP contribution in [0, 0.1) is 0 Å². The number of alkyl carbamates (subject to hydrolysis) is 1. The van der Waals surface area contributed by atoms with E-state index >= 15 is 0 Å². The summed E-state index contributed by atoms with van der Waals surface area (Å²) < 4.78 is 29.5.